The Labute approximate surface area is 94.9 Å². The van der Waals surface area contributed by atoms with Gasteiger partial charge in [-0.05, 0) is 17.8 Å². The molecule has 0 amide bonds. The predicted octanol–water partition coefficient (Wildman–Crippen LogP) is 2.34. The van der Waals surface area contributed by atoms with Crippen LogP contribution in [0.15, 0.2) is 0 Å². The molecule has 1 unspecified atom stereocenters. The van der Waals surface area contributed by atoms with Crippen LogP contribution in [-0.4, -0.2) is 32.1 Å². The lowest BCUT2D eigenvalue weighted by Gasteiger charge is -2.41. The largest absolute Gasteiger partial charge is 0.213 e. The van der Waals surface area contributed by atoms with Crippen LogP contribution in [-0.2, 0) is 10.0 Å². The highest BCUT2D eigenvalue weighted by molar-refractivity contribution is 7.88. The molecule has 1 fully saturated rings. The molecule has 0 aromatic carbocycles. The van der Waals surface area contributed by atoms with Gasteiger partial charge in [-0.15, -0.1) is 0 Å². The van der Waals surface area contributed by atoms with Crippen molar-refractivity contribution in [3.63, 3.8) is 0 Å². The number of piperidine rings is 1. The number of rotatable bonds is 1. The zero-order chi connectivity index (χ0) is 12.3. The van der Waals surface area contributed by atoms with Gasteiger partial charge in [-0.2, -0.15) is 0 Å². The van der Waals surface area contributed by atoms with Gasteiger partial charge in [0.2, 0.25) is 10.0 Å². The first kappa shape index (κ1) is 14.9. The molecule has 15 heavy (non-hydrogen) atoms. The van der Waals surface area contributed by atoms with E-state index in [1.807, 2.05) is 13.8 Å². The second-order valence-corrected chi connectivity index (χ2v) is 6.76. The summed E-state index contributed by atoms with van der Waals surface area (Å²) < 4.78 is 24.2. The third-order valence-electron chi connectivity index (χ3n) is 3.20. The zero-order valence-corrected chi connectivity index (χ0v) is 11.7. The van der Waals surface area contributed by atoms with E-state index in [9.17, 15) is 8.42 Å². The summed E-state index contributed by atoms with van der Waals surface area (Å²) in [4.78, 5) is 0. The summed E-state index contributed by atoms with van der Waals surface area (Å²) in [5.74, 6) is 0.602. The quantitative estimate of drug-likeness (QED) is 0.699. The maximum atomic E-state index is 11.3. The molecule has 3 nitrogen and oxygen atoms in total. The van der Waals surface area contributed by atoms with Crippen LogP contribution >= 0.6 is 0 Å². The van der Waals surface area contributed by atoms with Crippen LogP contribution in [0, 0.1) is 11.3 Å². The van der Waals surface area contributed by atoms with Gasteiger partial charge in [-0.3, -0.25) is 0 Å². The number of sulfonamides is 1. The summed E-state index contributed by atoms with van der Waals surface area (Å²) in [6.45, 7) is 11.8. The molecule has 0 saturated carbocycles. The number of hydrogen-bond acceptors (Lipinski definition) is 2. The highest BCUT2D eigenvalue weighted by Crippen LogP contribution is 2.34. The van der Waals surface area contributed by atoms with Gasteiger partial charge in [0.1, 0.15) is 0 Å². The number of nitrogens with zero attached hydrogens (tertiary/aromatic N) is 1. The summed E-state index contributed by atoms with van der Waals surface area (Å²) in [6, 6.07) is 0. The van der Waals surface area contributed by atoms with E-state index < -0.39 is 10.0 Å². The predicted molar refractivity (Wildman–Crippen MR) is 65.3 cm³/mol. The molecule has 1 saturated heterocycles. The Hall–Kier alpha value is -0.0900. The van der Waals surface area contributed by atoms with Gasteiger partial charge in [0, 0.05) is 13.1 Å². The average Bonchev–Trinajstić information content (AvgIpc) is 2.11. The normalized spacial score (nSPS) is 26.7. The second kappa shape index (κ2) is 5.30. The van der Waals surface area contributed by atoms with E-state index in [2.05, 4.69) is 20.8 Å². The molecular formula is C11H25NO2S. The highest BCUT2D eigenvalue weighted by atomic mass is 32.2. The van der Waals surface area contributed by atoms with Gasteiger partial charge in [0.15, 0.2) is 0 Å². The number of hydrogen-bond donors (Lipinski definition) is 0. The molecule has 1 rings (SSSR count). The third-order valence-corrected chi connectivity index (χ3v) is 4.45. The van der Waals surface area contributed by atoms with Crippen LogP contribution in [0.3, 0.4) is 0 Å². The van der Waals surface area contributed by atoms with Crippen molar-refractivity contribution in [2.75, 3.05) is 19.3 Å². The second-order valence-electron chi connectivity index (χ2n) is 4.77. The van der Waals surface area contributed by atoms with Crippen LogP contribution in [0.4, 0.5) is 0 Å². The van der Waals surface area contributed by atoms with Gasteiger partial charge in [0.25, 0.3) is 0 Å². The highest BCUT2D eigenvalue weighted by Gasteiger charge is 2.35. The Morgan fingerprint density at radius 1 is 1.27 bits per heavy atom. The molecule has 0 aromatic heterocycles. The Kier molecular flexibility index (Phi) is 5.27. The van der Waals surface area contributed by atoms with Crippen LogP contribution in [0.2, 0.25) is 0 Å². The fraction of sp³-hybridized carbons (Fsp3) is 1.00. The Balaban J connectivity index is 0.000000921. The smallest absolute Gasteiger partial charge is 0.211 e. The van der Waals surface area contributed by atoms with Crippen molar-refractivity contribution < 1.29 is 8.42 Å². The van der Waals surface area contributed by atoms with Crippen molar-refractivity contribution in [1.82, 2.24) is 4.31 Å². The minimum atomic E-state index is -2.99. The summed E-state index contributed by atoms with van der Waals surface area (Å²) in [6.07, 6.45) is 2.26. The molecule has 1 aliphatic rings. The fourth-order valence-corrected chi connectivity index (χ4v) is 2.71. The van der Waals surface area contributed by atoms with E-state index in [-0.39, 0.29) is 5.41 Å². The van der Waals surface area contributed by atoms with Crippen molar-refractivity contribution in [3.8, 4) is 0 Å². The monoisotopic (exact) mass is 235 g/mol. The van der Waals surface area contributed by atoms with Gasteiger partial charge >= 0.3 is 0 Å². The summed E-state index contributed by atoms with van der Waals surface area (Å²) in [7, 11) is -2.99. The lowest BCUT2D eigenvalue weighted by molar-refractivity contribution is 0.117. The van der Waals surface area contributed by atoms with E-state index in [0.29, 0.717) is 19.0 Å². The van der Waals surface area contributed by atoms with E-state index in [0.717, 1.165) is 6.42 Å². The molecule has 0 aliphatic carbocycles. The molecule has 0 radical (unpaired) electrons. The molecule has 1 atom stereocenters. The molecule has 4 heteroatoms. The molecule has 0 aromatic rings. The van der Waals surface area contributed by atoms with Crippen molar-refractivity contribution in [3.05, 3.63) is 0 Å². The molecule has 0 spiro atoms. The summed E-state index contributed by atoms with van der Waals surface area (Å²) in [5.41, 5.74) is 0.112. The van der Waals surface area contributed by atoms with Gasteiger partial charge in [-0.1, -0.05) is 34.6 Å². The third kappa shape index (κ3) is 4.11. The van der Waals surface area contributed by atoms with E-state index in [1.54, 1.807) is 4.31 Å². The lowest BCUT2D eigenvalue weighted by Crippen LogP contribution is -2.46. The first-order chi connectivity index (χ1) is 6.73. The molecule has 92 valence electrons. The summed E-state index contributed by atoms with van der Waals surface area (Å²) >= 11 is 0. The van der Waals surface area contributed by atoms with Gasteiger partial charge in [-0.25, -0.2) is 12.7 Å². The van der Waals surface area contributed by atoms with Crippen molar-refractivity contribution in [2.45, 2.75) is 41.0 Å². The van der Waals surface area contributed by atoms with Gasteiger partial charge in [0.05, 0.1) is 6.26 Å². The van der Waals surface area contributed by atoms with E-state index in [4.69, 9.17) is 0 Å². The van der Waals surface area contributed by atoms with Crippen molar-refractivity contribution in [1.29, 1.82) is 0 Å². The first-order valence-electron chi connectivity index (χ1n) is 5.68. The van der Waals surface area contributed by atoms with Crippen molar-refractivity contribution >= 4 is 10.0 Å². The molecule has 0 N–H and O–H groups in total. The van der Waals surface area contributed by atoms with Crippen LogP contribution < -0.4 is 0 Å². The SMILES string of the molecule is CC.CC1CCN(S(C)(=O)=O)CC1(C)C. The van der Waals surface area contributed by atoms with Gasteiger partial charge < -0.3 is 0 Å². The standard InChI is InChI=1S/C9H19NO2S.C2H6/c1-8-5-6-10(13(4,11)12)7-9(8,2)3;1-2/h8H,5-7H2,1-4H3;1-2H3. The van der Waals surface area contributed by atoms with Crippen LogP contribution in [0.5, 0.6) is 0 Å². The Bertz CT molecular complexity index is 283. The first-order valence-corrected chi connectivity index (χ1v) is 7.53. The van der Waals surface area contributed by atoms with Crippen molar-refractivity contribution in [2.24, 2.45) is 11.3 Å². The molecule has 1 aliphatic heterocycles. The van der Waals surface area contributed by atoms with Crippen LogP contribution in [0.1, 0.15) is 41.0 Å². The Morgan fingerprint density at radius 2 is 1.73 bits per heavy atom. The zero-order valence-electron chi connectivity index (χ0n) is 10.9. The Morgan fingerprint density at radius 3 is 2.07 bits per heavy atom. The lowest BCUT2D eigenvalue weighted by atomic mass is 9.76. The maximum absolute atomic E-state index is 11.3. The molecule has 1 heterocycles. The summed E-state index contributed by atoms with van der Waals surface area (Å²) in [5, 5.41) is 0. The minimum Gasteiger partial charge on any atom is -0.213 e. The van der Waals surface area contributed by atoms with Crippen LogP contribution in [0.25, 0.3) is 0 Å². The maximum Gasteiger partial charge on any atom is 0.211 e. The molecular weight excluding hydrogens is 210 g/mol. The van der Waals surface area contributed by atoms with E-state index in [1.165, 1.54) is 6.26 Å². The average molecular weight is 235 g/mol. The van der Waals surface area contributed by atoms with E-state index >= 15 is 0 Å². The minimum absolute atomic E-state index is 0.112. The fourth-order valence-electron chi connectivity index (χ4n) is 1.70. The molecule has 0 bridgehead atoms. The topological polar surface area (TPSA) is 37.4 Å².